The molecule has 1 aliphatic heterocycles. The van der Waals surface area contributed by atoms with Crippen molar-refractivity contribution in [3.05, 3.63) is 35.9 Å². The predicted molar refractivity (Wildman–Crippen MR) is 85.0 cm³/mol. The summed E-state index contributed by atoms with van der Waals surface area (Å²) in [4.78, 5) is 23.7. The maximum Gasteiger partial charge on any atom is 0.313 e. The highest BCUT2D eigenvalue weighted by atomic mass is 16.7. The monoisotopic (exact) mass is 320 g/mol. The lowest BCUT2D eigenvalue weighted by Gasteiger charge is -2.24. The summed E-state index contributed by atoms with van der Waals surface area (Å²) >= 11 is 0. The fraction of sp³-hybridized carbons (Fsp3) is 0.556. The van der Waals surface area contributed by atoms with Crippen LogP contribution >= 0.6 is 0 Å². The smallest absolute Gasteiger partial charge is 0.313 e. The lowest BCUT2D eigenvalue weighted by atomic mass is 9.88. The van der Waals surface area contributed by atoms with Gasteiger partial charge in [0.05, 0.1) is 19.3 Å². The molecule has 2 rings (SSSR count). The van der Waals surface area contributed by atoms with Crippen LogP contribution in [0, 0.1) is 0 Å². The van der Waals surface area contributed by atoms with Gasteiger partial charge in [0.25, 0.3) is 0 Å². The average molecular weight is 320 g/mol. The van der Waals surface area contributed by atoms with Gasteiger partial charge in [-0.2, -0.15) is 0 Å². The Bertz CT molecular complexity index is 538. The molecule has 0 unspecified atom stereocenters. The first-order valence-electron chi connectivity index (χ1n) is 7.95. The molecule has 5 nitrogen and oxygen atoms in total. The van der Waals surface area contributed by atoms with Gasteiger partial charge in [0.2, 0.25) is 0 Å². The first-order valence-corrected chi connectivity index (χ1v) is 7.95. The summed E-state index contributed by atoms with van der Waals surface area (Å²) in [5.41, 5.74) is 1.01. The first-order chi connectivity index (χ1) is 10.9. The third-order valence-electron chi connectivity index (χ3n) is 3.80. The molecule has 1 saturated heterocycles. The number of hydrogen-bond acceptors (Lipinski definition) is 5. The number of Topliss-reactive ketones (excluding diaryl/α,β-unsaturated/α-hetero) is 1. The average Bonchev–Trinajstić information content (AvgIpc) is 2.86. The SMILES string of the molecule is CCOC(=O)CC(=O)C[C@@H](c1ccccc1)[C@H]1COC(C)(C)O1. The summed E-state index contributed by atoms with van der Waals surface area (Å²) in [5, 5.41) is 0. The van der Waals surface area contributed by atoms with E-state index < -0.39 is 11.8 Å². The molecule has 1 aliphatic rings. The van der Waals surface area contributed by atoms with Crippen molar-refractivity contribution in [1.82, 2.24) is 0 Å². The zero-order valence-electron chi connectivity index (χ0n) is 13.9. The third-order valence-corrected chi connectivity index (χ3v) is 3.80. The minimum Gasteiger partial charge on any atom is -0.466 e. The minimum atomic E-state index is -0.651. The van der Waals surface area contributed by atoms with Gasteiger partial charge in [-0.05, 0) is 26.3 Å². The van der Waals surface area contributed by atoms with Crippen LogP contribution < -0.4 is 0 Å². The number of esters is 1. The molecule has 1 aromatic rings. The molecular weight excluding hydrogens is 296 g/mol. The van der Waals surface area contributed by atoms with Gasteiger partial charge in [-0.3, -0.25) is 9.59 Å². The van der Waals surface area contributed by atoms with Gasteiger partial charge in [0.15, 0.2) is 5.79 Å². The van der Waals surface area contributed by atoms with Gasteiger partial charge in [0.1, 0.15) is 12.2 Å². The second kappa shape index (κ2) is 7.70. The third kappa shape index (κ3) is 5.15. The lowest BCUT2D eigenvalue weighted by Crippen LogP contribution is -2.27. The van der Waals surface area contributed by atoms with Gasteiger partial charge in [-0.15, -0.1) is 0 Å². The summed E-state index contributed by atoms with van der Waals surface area (Å²) in [6, 6.07) is 9.73. The van der Waals surface area contributed by atoms with Crippen molar-refractivity contribution in [2.24, 2.45) is 0 Å². The fourth-order valence-electron chi connectivity index (χ4n) is 2.77. The van der Waals surface area contributed by atoms with E-state index in [2.05, 4.69) is 0 Å². The van der Waals surface area contributed by atoms with Gasteiger partial charge in [0, 0.05) is 12.3 Å². The zero-order chi connectivity index (χ0) is 16.9. The van der Waals surface area contributed by atoms with Crippen LogP contribution in [0.15, 0.2) is 30.3 Å². The normalized spacial score (nSPS) is 20.9. The van der Waals surface area contributed by atoms with E-state index in [4.69, 9.17) is 14.2 Å². The second-order valence-electron chi connectivity index (χ2n) is 6.11. The van der Waals surface area contributed by atoms with Crippen molar-refractivity contribution in [1.29, 1.82) is 0 Å². The molecule has 0 aromatic heterocycles. The van der Waals surface area contributed by atoms with Crippen LogP contribution in [-0.4, -0.2) is 36.9 Å². The lowest BCUT2D eigenvalue weighted by molar-refractivity contribution is -0.147. The summed E-state index contributed by atoms with van der Waals surface area (Å²) in [6.45, 7) is 6.15. The van der Waals surface area contributed by atoms with E-state index in [-0.39, 0.29) is 37.3 Å². The Kier molecular flexibility index (Phi) is 5.91. The highest BCUT2D eigenvalue weighted by Gasteiger charge is 2.38. The maximum atomic E-state index is 12.2. The van der Waals surface area contributed by atoms with Crippen LogP contribution in [0.3, 0.4) is 0 Å². The Morgan fingerprint density at radius 2 is 2.00 bits per heavy atom. The molecule has 0 spiro atoms. The Morgan fingerprint density at radius 3 is 2.57 bits per heavy atom. The first kappa shape index (κ1) is 17.6. The predicted octanol–water partition coefficient (Wildman–Crippen LogP) is 2.83. The summed E-state index contributed by atoms with van der Waals surface area (Å²) in [7, 11) is 0. The van der Waals surface area contributed by atoms with Crippen molar-refractivity contribution in [2.75, 3.05) is 13.2 Å². The molecule has 1 aromatic carbocycles. The van der Waals surface area contributed by atoms with Gasteiger partial charge >= 0.3 is 5.97 Å². The molecule has 1 fully saturated rings. The Morgan fingerprint density at radius 1 is 1.30 bits per heavy atom. The molecule has 0 N–H and O–H groups in total. The van der Waals surface area contributed by atoms with Gasteiger partial charge in [-0.25, -0.2) is 0 Å². The van der Waals surface area contributed by atoms with Gasteiger partial charge in [-0.1, -0.05) is 30.3 Å². The number of benzene rings is 1. The Hall–Kier alpha value is -1.72. The van der Waals surface area contributed by atoms with Crippen molar-refractivity contribution < 1.29 is 23.8 Å². The highest BCUT2D eigenvalue weighted by Crippen LogP contribution is 2.34. The standard InChI is InChI=1S/C18H24O5/c1-4-21-17(20)11-14(19)10-15(13-8-6-5-7-9-13)16-12-22-18(2,3)23-16/h5-9,15-16H,4,10-12H2,1-3H3/t15-,16+/m0/s1. The molecule has 0 amide bonds. The van der Waals surface area contributed by atoms with Crippen molar-refractivity contribution in [2.45, 2.75) is 51.4 Å². The number of carbonyl (C=O) groups excluding carboxylic acids is 2. The number of ketones is 1. The van der Waals surface area contributed by atoms with E-state index in [1.807, 2.05) is 44.2 Å². The highest BCUT2D eigenvalue weighted by molar-refractivity contribution is 5.95. The fourth-order valence-corrected chi connectivity index (χ4v) is 2.77. The molecule has 1 heterocycles. The summed E-state index contributed by atoms with van der Waals surface area (Å²) < 4.78 is 16.4. The largest absolute Gasteiger partial charge is 0.466 e. The van der Waals surface area contributed by atoms with E-state index in [1.165, 1.54) is 0 Å². The number of ether oxygens (including phenoxy) is 3. The molecule has 0 radical (unpaired) electrons. The van der Waals surface area contributed by atoms with E-state index >= 15 is 0 Å². The van der Waals surface area contributed by atoms with E-state index in [0.29, 0.717) is 6.61 Å². The topological polar surface area (TPSA) is 61.8 Å². The van der Waals surface area contributed by atoms with E-state index in [9.17, 15) is 9.59 Å². The minimum absolute atomic E-state index is 0.139. The molecule has 0 saturated carbocycles. The zero-order valence-corrected chi connectivity index (χ0v) is 13.9. The van der Waals surface area contributed by atoms with Crippen LogP contribution in [0.2, 0.25) is 0 Å². The van der Waals surface area contributed by atoms with Crippen molar-refractivity contribution in [3.8, 4) is 0 Å². The summed E-state index contributed by atoms with van der Waals surface area (Å²) in [5.74, 6) is -1.42. The quantitative estimate of drug-likeness (QED) is 0.571. The number of rotatable bonds is 7. The Labute approximate surface area is 136 Å². The number of carbonyl (C=O) groups is 2. The van der Waals surface area contributed by atoms with E-state index in [1.54, 1.807) is 6.92 Å². The van der Waals surface area contributed by atoms with Crippen molar-refractivity contribution in [3.63, 3.8) is 0 Å². The van der Waals surface area contributed by atoms with Crippen LogP contribution in [0.5, 0.6) is 0 Å². The molecule has 2 atom stereocenters. The molecule has 0 bridgehead atoms. The second-order valence-corrected chi connectivity index (χ2v) is 6.11. The molecule has 126 valence electrons. The molecule has 5 heteroatoms. The maximum absolute atomic E-state index is 12.2. The van der Waals surface area contributed by atoms with Crippen molar-refractivity contribution >= 4 is 11.8 Å². The van der Waals surface area contributed by atoms with Crippen LogP contribution in [0.4, 0.5) is 0 Å². The van der Waals surface area contributed by atoms with Crippen LogP contribution in [0.25, 0.3) is 0 Å². The Balaban J connectivity index is 2.09. The van der Waals surface area contributed by atoms with Crippen LogP contribution in [-0.2, 0) is 23.8 Å². The van der Waals surface area contributed by atoms with E-state index in [0.717, 1.165) is 5.56 Å². The van der Waals surface area contributed by atoms with Crippen LogP contribution in [0.1, 0.15) is 45.1 Å². The van der Waals surface area contributed by atoms with Gasteiger partial charge < -0.3 is 14.2 Å². The molecule has 0 aliphatic carbocycles. The molecular formula is C18H24O5. The number of hydrogen-bond donors (Lipinski definition) is 0. The molecule has 23 heavy (non-hydrogen) atoms. The summed E-state index contributed by atoms with van der Waals surface area (Å²) in [6.07, 6.45) is -0.181.